The van der Waals surface area contributed by atoms with Crippen LogP contribution in [-0.2, 0) is 5.54 Å². The van der Waals surface area contributed by atoms with Gasteiger partial charge in [-0.25, -0.2) is 0 Å². The molecule has 3 nitrogen and oxygen atoms in total. The summed E-state index contributed by atoms with van der Waals surface area (Å²) in [7, 11) is 0. The number of hydrogen-bond donors (Lipinski definition) is 1. The van der Waals surface area contributed by atoms with Gasteiger partial charge >= 0.3 is 0 Å². The molecule has 2 aromatic rings. The summed E-state index contributed by atoms with van der Waals surface area (Å²) in [6.07, 6.45) is 12.0. The lowest BCUT2D eigenvalue weighted by atomic mass is 9.94. The van der Waals surface area contributed by atoms with E-state index in [1.165, 1.54) is 5.56 Å². The maximum Gasteiger partial charge on any atom is 0.149 e. The van der Waals surface area contributed by atoms with Crippen LogP contribution in [0, 0.1) is 12.3 Å². The molecule has 1 aromatic carbocycles. The Morgan fingerprint density at radius 3 is 2.50 bits per heavy atom. The van der Waals surface area contributed by atoms with Gasteiger partial charge in [0.2, 0.25) is 0 Å². The summed E-state index contributed by atoms with van der Waals surface area (Å²) in [6, 6.07) is 14.1. The van der Waals surface area contributed by atoms with E-state index in [1.807, 2.05) is 55.5 Å². The summed E-state index contributed by atoms with van der Waals surface area (Å²) in [5, 5.41) is 12.0. The summed E-state index contributed by atoms with van der Waals surface area (Å²) < 4.78 is 0. The molecule has 0 spiro atoms. The van der Waals surface area contributed by atoms with Crippen LogP contribution in [0.3, 0.4) is 0 Å². The minimum absolute atomic E-state index is 0.245. The molecule has 1 aromatic heterocycles. The number of nitrogens with zero attached hydrogens (tertiary/aromatic N) is 2. The van der Waals surface area contributed by atoms with Crippen molar-refractivity contribution in [1.29, 1.82) is 0 Å². The molecule has 0 amide bonds. The molecule has 0 bridgehead atoms. The molecule has 3 heteroatoms. The molecule has 0 aliphatic carbocycles. The monoisotopic (exact) mass is 343 g/mol. The van der Waals surface area contributed by atoms with Crippen molar-refractivity contribution in [2.45, 2.75) is 32.7 Å². The van der Waals surface area contributed by atoms with Gasteiger partial charge in [0.15, 0.2) is 0 Å². The molecule has 1 heterocycles. The largest absolute Gasteiger partial charge is 0.360 e. The first-order chi connectivity index (χ1) is 12.5. The topological polar surface area (TPSA) is 37.8 Å². The summed E-state index contributed by atoms with van der Waals surface area (Å²) in [5.41, 5.74) is 3.41. The average Bonchev–Trinajstić information content (AvgIpc) is 2.66. The Kier molecular flexibility index (Phi) is 6.52. The second kappa shape index (κ2) is 8.82. The van der Waals surface area contributed by atoms with E-state index in [2.05, 4.69) is 54.0 Å². The summed E-state index contributed by atoms with van der Waals surface area (Å²) in [6.45, 7) is 10.3. The van der Waals surface area contributed by atoms with Crippen molar-refractivity contribution in [3.05, 3.63) is 84.1 Å². The van der Waals surface area contributed by atoms with Crippen LogP contribution in [0.2, 0.25) is 0 Å². The van der Waals surface area contributed by atoms with Crippen LogP contribution in [0.15, 0.2) is 72.8 Å². The SMILES string of the molecule is C#C/C(=C/C=C\C(=C)c1ccc(NC(C)(C)c2ccccc2)nn1)CC. The predicted molar refractivity (Wildman–Crippen MR) is 111 cm³/mol. The molecule has 26 heavy (non-hydrogen) atoms. The van der Waals surface area contributed by atoms with E-state index in [-0.39, 0.29) is 5.54 Å². The molecular weight excluding hydrogens is 318 g/mol. The zero-order valence-corrected chi connectivity index (χ0v) is 15.7. The van der Waals surface area contributed by atoms with E-state index in [9.17, 15) is 0 Å². The third kappa shape index (κ3) is 5.19. The molecule has 0 radical (unpaired) electrons. The Bertz CT molecular complexity index is 835. The summed E-state index contributed by atoms with van der Waals surface area (Å²) in [5.74, 6) is 3.37. The number of rotatable bonds is 7. The third-order valence-electron chi connectivity index (χ3n) is 4.09. The van der Waals surface area contributed by atoms with Crippen molar-refractivity contribution in [3.63, 3.8) is 0 Å². The van der Waals surface area contributed by atoms with Gasteiger partial charge in [0.25, 0.3) is 0 Å². The first-order valence-corrected chi connectivity index (χ1v) is 8.67. The lowest BCUT2D eigenvalue weighted by Gasteiger charge is -2.27. The molecule has 132 valence electrons. The van der Waals surface area contributed by atoms with Crippen LogP contribution < -0.4 is 5.32 Å². The van der Waals surface area contributed by atoms with Crippen LogP contribution in [-0.4, -0.2) is 10.2 Å². The van der Waals surface area contributed by atoms with Crippen LogP contribution in [0.5, 0.6) is 0 Å². The maximum atomic E-state index is 5.42. The molecule has 0 aliphatic heterocycles. The molecule has 0 unspecified atom stereocenters. The van der Waals surface area contributed by atoms with Crippen molar-refractivity contribution in [2.75, 3.05) is 5.32 Å². The zero-order chi connectivity index (χ0) is 19.0. The number of aromatic nitrogens is 2. The van der Waals surface area contributed by atoms with E-state index < -0.39 is 0 Å². The Labute approximate surface area is 156 Å². The zero-order valence-electron chi connectivity index (χ0n) is 15.7. The number of allylic oxidation sites excluding steroid dienone is 5. The maximum absolute atomic E-state index is 5.42. The van der Waals surface area contributed by atoms with Crippen molar-refractivity contribution < 1.29 is 0 Å². The number of hydrogen-bond acceptors (Lipinski definition) is 3. The van der Waals surface area contributed by atoms with Gasteiger partial charge in [0.1, 0.15) is 5.82 Å². The van der Waals surface area contributed by atoms with Crippen LogP contribution in [0.4, 0.5) is 5.82 Å². The second-order valence-electron chi connectivity index (χ2n) is 6.49. The standard InChI is InChI=1S/C23H25N3/c1-6-19(7-2)13-11-12-18(3)21-16-17-22(26-25-21)24-23(4,5)20-14-9-8-10-15-20/h1,8-17H,3,7H2,2,4-5H3,(H,24,26)/b12-11-,19-13-. The smallest absolute Gasteiger partial charge is 0.149 e. The van der Waals surface area contributed by atoms with Crippen LogP contribution in [0.1, 0.15) is 38.4 Å². The molecule has 2 rings (SSSR count). The lowest BCUT2D eigenvalue weighted by molar-refractivity contribution is 0.604. The average molecular weight is 343 g/mol. The molecule has 0 saturated heterocycles. The molecule has 1 N–H and O–H groups in total. The molecule has 0 aliphatic rings. The number of nitrogens with one attached hydrogen (secondary N) is 1. The Morgan fingerprint density at radius 1 is 1.19 bits per heavy atom. The predicted octanol–water partition coefficient (Wildman–Crippen LogP) is 5.36. The fourth-order valence-corrected chi connectivity index (χ4v) is 2.45. The lowest BCUT2D eigenvalue weighted by Crippen LogP contribution is -2.28. The van der Waals surface area contributed by atoms with E-state index in [0.29, 0.717) is 0 Å². The molecule has 0 atom stereocenters. The molecule has 0 saturated carbocycles. The van der Waals surface area contributed by atoms with Gasteiger partial charge in [-0.15, -0.1) is 16.6 Å². The van der Waals surface area contributed by atoms with E-state index >= 15 is 0 Å². The van der Waals surface area contributed by atoms with Gasteiger partial charge in [0, 0.05) is 5.57 Å². The third-order valence-corrected chi connectivity index (χ3v) is 4.09. The highest BCUT2D eigenvalue weighted by Crippen LogP contribution is 2.24. The van der Waals surface area contributed by atoms with Crippen LogP contribution in [0.25, 0.3) is 5.57 Å². The van der Waals surface area contributed by atoms with Crippen LogP contribution >= 0.6 is 0 Å². The van der Waals surface area contributed by atoms with E-state index in [1.54, 1.807) is 0 Å². The minimum Gasteiger partial charge on any atom is -0.360 e. The van der Waals surface area contributed by atoms with Gasteiger partial charge in [-0.05, 0) is 43.5 Å². The Morgan fingerprint density at radius 2 is 1.92 bits per heavy atom. The quantitative estimate of drug-likeness (QED) is 0.543. The van der Waals surface area contributed by atoms with Gasteiger partial charge in [-0.3, -0.25) is 0 Å². The van der Waals surface area contributed by atoms with E-state index in [0.717, 1.165) is 29.1 Å². The normalized spacial score (nSPS) is 12.0. The van der Waals surface area contributed by atoms with Gasteiger partial charge in [0.05, 0.1) is 11.2 Å². The van der Waals surface area contributed by atoms with Crippen molar-refractivity contribution >= 4 is 11.4 Å². The minimum atomic E-state index is -0.245. The Balaban J connectivity index is 2.06. The molecular formula is C23H25N3. The summed E-state index contributed by atoms with van der Waals surface area (Å²) >= 11 is 0. The highest BCUT2D eigenvalue weighted by Gasteiger charge is 2.20. The Hall–Kier alpha value is -3.12. The van der Waals surface area contributed by atoms with Crippen molar-refractivity contribution in [2.24, 2.45) is 0 Å². The number of benzene rings is 1. The number of anilines is 1. The fraction of sp³-hybridized carbons (Fsp3) is 0.217. The number of terminal acetylenes is 1. The first-order valence-electron chi connectivity index (χ1n) is 8.67. The van der Waals surface area contributed by atoms with Crippen molar-refractivity contribution in [3.8, 4) is 12.3 Å². The van der Waals surface area contributed by atoms with E-state index in [4.69, 9.17) is 6.42 Å². The first kappa shape index (κ1) is 19.2. The van der Waals surface area contributed by atoms with Crippen molar-refractivity contribution in [1.82, 2.24) is 10.2 Å². The highest BCUT2D eigenvalue weighted by molar-refractivity contribution is 5.70. The fourth-order valence-electron chi connectivity index (χ4n) is 2.45. The second-order valence-corrected chi connectivity index (χ2v) is 6.49. The van der Waals surface area contributed by atoms with Gasteiger partial charge < -0.3 is 5.32 Å². The molecule has 0 fully saturated rings. The van der Waals surface area contributed by atoms with Gasteiger partial charge in [-0.1, -0.05) is 68.0 Å². The summed E-state index contributed by atoms with van der Waals surface area (Å²) in [4.78, 5) is 0. The highest BCUT2D eigenvalue weighted by atomic mass is 15.2. The van der Waals surface area contributed by atoms with Gasteiger partial charge in [-0.2, -0.15) is 0 Å².